The summed E-state index contributed by atoms with van der Waals surface area (Å²) in [5, 5.41) is 7.30. The fourth-order valence-electron chi connectivity index (χ4n) is 12.4. The van der Waals surface area contributed by atoms with Crippen LogP contribution >= 0.6 is 45.3 Å². The quantitative estimate of drug-likeness (QED) is 0.0427. The second-order valence-electron chi connectivity index (χ2n) is 20.2. The molecule has 1 aromatic carbocycles. The summed E-state index contributed by atoms with van der Waals surface area (Å²) in [7, 11) is -4.64. The Bertz CT molecular complexity index is 2260. The molecule has 0 fully saturated rings. The van der Waals surface area contributed by atoms with Gasteiger partial charge in [-0.25, -0.2) is 0 Å². The average Bonchev–Trinajstić information content (AvgIpc) is 4.07. The van der Waals surface area contributed by atoms with E-state index in [1.807, 2.05) is 66.1 Å². The van der Waals surface area contributed by atoms with E-state index in [0.29, 0.717) is 0 Å². The van der Waals surface area contributed by atoms with Crippen molar-refractivity contribution in [3.8, 4) is 0 Å². The summed E-state index contributed by atoms with van der Waals surface area (Å²) in [5.41, 5.74) is 13.0. The van der Waals surface area contributed by atoms with Crippen LogP contribution in [0.2, 0.25) is 24.2 Å². The minimum Gasteiger partial charge on any atom is -0.145 e. The Morgan fingerprint density at radius 2 is 0.578 bits per heavy atom. The molecule has 346 valence electrons. The largest absolute Gasteiger partial charge is 0.145 e. The molecule has 5 aromatic rings. The van der Waals surface area contributed by atoms with E-state index in [1.54, 1.807) is 54.3 Å². The zero-order valence-electron chi connectivity index (χ0n) is 42.2. The van der Waals surface area contributed by atoms with Crippen molar-refractivity contribution in [2.45, 2.75) is 210 Å². The van der Waals surface area contributed by atoms with Gasteiger partial charge in [0, 0.05) is 39.0 Å². The van der Waals surface area contributed by atoms with Crippen molar-refractivity contribution in [3.63, 3.8) is 0 Å². The van der Waals surface area contributed by atoms with E-state index in [4.69, 9.17) is 0 Å². The van der Waals surface area contributed by atoms with E-state index in [2.05, 4.69) is 119 Å². The van der Waals surface area contributed by atoms with E-state index < -0.39 is 16.1 Å². The van der Waals surface area contributed by atoms with Crippen molar-refractivity contribution < 1.29 is 0 Å². The normalized spacial score (nSPS) is 15.3. The number of thiophene rings is 4. The number of fused-ring (bicyclic) bond motifs is 2. The fourth-order valence-corrected chi connectivity index (χ4v) is 28.1. The average molecular weight is 964 g/mol. The molecule has 7 rings (SSSR count). The van der Waals surface area contributed by atoms with Crippen molar-refractivity contribution in [1.82, 2.24) is 0 Å². The van der Waals surface area contributed by atoms with Gasteiger partial charge in [0.2, 0.25) is 0 Å². The summed E-state index contributed by atoms with van der Waals surface area (Å²) in [4.78, 5) is 12.0. The Balaban J connectivity index is 1.65. The first-order valence-electron chi connectivity index (χ1n) is 25.8. The molecule has 0 N–H and O–H groups in total. The van der Waals surface area contributed by atoms with Gasteiger partial charge < -0.3 is 0 Å². The standard InChI is InChI=1S/C58H82S4Si2/c1-13-17-21-25-29-63(30-26-22-18-14-2)53-37-52-54(38-51(53)55(47-33-39(5)59-43(47)9)57(63)49-35-41(7)61-45(49)11)64(31-27-23-19-15-3,32-28-24-20-16-4)58(50-36-42(8)62-46(50)12)56(52)48-34-40(6)60-44(48)10/h33-38H,13-32H2,1-12H3. The predicted molar refractivity (Wildman–Crippen MR) is 300 cm³/mol. The van der Waals surface area contributed by atoms with Crippen LogP contribution in [0.4, 0.5) is 0 Å². The van der Waals surface area contributed by atoms with E-state index in [1.165, 1.54) is 156 Å². The molecule has 64 heavy (non-hydrogen) atoms. The van der Waals surface area contributed by atoms with Crippen LogP contribution in [0.5, 0.6) is 0 Å². The molecule has 0 radical (unpaired) electrons. The lowest BCUT2D eigenvalue weighted by Crippen LogP contribution is -2.51. The van der Waals surface area contributed by atoms with E-state index in [-0.39, 0.29) is 0 Å². The number of benzene rings is 1. The predicted octanol–water partition coefficient (Wildman–Crippen LogP) is 19.1. The molecule has 0 atom stereocenters. The third-order valence-electron chi connectivity index (χ3n) is 15.3. The van der Waals surface area contributed by atoms with Crippen molar-refractivity contribution >= 4 is 93.4 Å². The SMILES string of the molecule is CCCCCC[Si]1(CCCCCC)C(c2cc(C)sc2C)=C(c2cc(C)sc2C)c2cc3c(cc21)C(c1cc(C)sc1C)=C(c1cc(C)sc1C)[Si]3(CCCCCC)CCCCCC. The van der Waals surface area contributed by atoms with Crippen LogP contribution in [-0.4, -0.2) is 16.1 Å². The fraction of sp³-hybridized carbons (Fsp3) is 0.552. The molecule has 0 saturated carbocycles. The Hall–Kier alpha value is -2.07. The summed E-state index contributed by atoms with van der Waals surface area (Å²) >= 11 is 8.16. The molecular formula is C58H82S4Si2. The number of unbranched alkanes of at least 4 members (excludes halogenated alkanes) is 12. The maximum Gasteiger partial charge on any atom is 0.120 e. The van der Waals surface area contributed by atoms with Crippen molar-refractivity contribution in [3.05, 3.63) is 109 Å². The second-order valence-corrected chi connectivity index (χ2v) is 34.4. The lowest BCUT2D eigenvalue weighted by Gasteiger charge is -2.35. The molecule has 0 aliphatic carbocycles. The van der Waals surface area contributed by atoms with Gasteiger partial charge >= 0.3 is 0 Å². The van der Waals surface area contributed by atoms with Crippen LogP contribution in [0.1, 0.15) is 203 Å². The molecule has 6 heterocycles. The molecule has 4 aromatic heterocycles. The van der Waals surface area contributed by atoms with Crippen molar-refractivity contribution in [2.75, 3.05) is 0 Å². The van der Waals surface area contributed by atoms with E-state index >= 15 is 0 Å². The summed E-state index contributed by atoms with van der Waals surface area (Å²) in [6.45, 7) is 28.9. The number of hydrogen-bond donors (Lipinski definition) is 0. The number of rotatable bonds is 24. The number of hydrogen-bond acceptors (Lipinski definition) is 4. The molecule has 6 heteroatoms. The third-order valence-corrected chi connectivity index (χ3v) is 29.8. The van der Waals surface area contributed by atoms with E-state index in [0.717, 1.165) is 0 Å². The first-order valence-corrected chi connectivity index (χ1v) is 33.9. The second kappa shape index (κ2) is 21.9. The molecule has 2 aliphatic rings. The first kappa shape index (κ1) is 49.8. The van der Waals surface area contributed by atoms with Crippen LogP contribution < -0.4 is 10.4 Å². The monoisotopic (exact) mass is 962 g/mol. The molecule has 0 saturated heterocycles. The van der Waals surface area contributed by atoms with E-state index in [9.17, 15) is 0 Å². The van der Waals surface area contributed by atoms with Gasteiger partial charge in [-0.3, -0.25) is 0 Å². The van der Waals surface area contributed by atoms with Crippen LogP contribution in [0, 0.1) is 55.4 Å². The molecule has 2 aliphatic heterocycles. The van der Waals surface area contributed by atoms with Gasteiger partial charge in [0.05, 0.1) is 0 Å². The molecule has 0 unspecified atom stereocenters. The Morgan fingerprint density at radius 3 is 0.812 bits per heavy atom. The zero-order valence-corrected chi connectivity index (χ0v) is 47.5. The maximum atomic E-state index is 3.00. The highest BCUT2D eigenvalue weighted by Gasteiger charge is 2.53. The lowest BCUT2D eigenvalue weighted by atomic mass is 9.91. The topological polar surface area (TPSA) is 0 Å². The van der Waals surface area contributed by atoms with Crippen molar-refractivity contribution in [2.24, 2.45) is 0 Å². The van der Waals surface area contributed by atoms with Crippen molar-refractivity contribution in [1.29, 1.82) is 0 Å². The molecule has 0 bridgehead atoms. The van der Waals surface area contributed by atoms with Crippen LogP contribution in [0.15, 0.2) is 36.4 Å². The number of aryl methyl sites for hydroxylation is 8. The first-order chi connectivity index (χ1) is 30.8. The van der Waals surface area contributed by atoms with Gasteiger partial charge in [-0.05, 0) is 169 Å². The summed E-state index contributed by atoms with van der Waals surface area (Å²) in [6.07, 6.45) is 21.4. The highest BCUT2D eigenvalue weighted by atomic mass is 32.1. The smallest absolute Gasteiger partial charge is 0.120 e. The maximum absolute atomic E-state index is 3.00. The van der Waals surface area contributed by atoms with Gasteiger partial charge in [-0.1, -0.05) is 143 Å². The highest BCUT2D eigenvalue weighted by molar-refractivity contribution is 7.16. The van der Waals surface area contributed by atoms with Gasteiger partial charge in [0.1, 0.15) is 16.1 Å². The van der Waals surface area contributed by atoms with Gasteiger partial charge in [-0.2, -0.15) is 0 Å². The Kier molecular flexibility index (Phi) is 17.1. The summed E-state index contributed by atoms with van der Waals surface area (Å²) < 4.78 is 0. The molecule has 0 amide bonds. The summed E-state index contributed by atoms with van der Waals surface area (Å²) in [5.74, 6) is 0. The van der Waals surface area contributed by atoms with Gasteiger partial charge in [0.25, 0.3) is 0 Å². The summed E-state index contributed by atoms with van der Waals surface area (Å²) in [6, 6.07) is 22.0. The minimum atomic E-state index is -2.32. The Labute approximate surface area is 409 Å². The minimum absolute atomic E-state index is 1.29. The van der Waals surface area contributed by atoms with Crippen LogP contribution in [-0.2, 0) is 0 Å². The zero-order chi connectivity index (χ0) is 45.8. The highest BCUT2D eigenvalue weighted by Crippen LogP contribution is 2.55. The Morgan fingerprint density at radius 1 is 0.312 bits per heavy atom. The third kappa shape index (κ3) is 9.77. The molecule has 0 spiro atoms. The van der Waals surface area contributed by atoms with Crippen LogP contribution in [0.3, 0.4) is 0 Å². The lowest BCUT2D eigenvalue weighted by molar-refractivity contribution is 0.684. The van der Waals surface area contributed by atoms with Crippen LogP contribution in [0.25, 0.3) is 21.5 Å². The molecule has 0 nitrogen and oxygen atoms in total. The van der Waals surface area contributed by atoms with Gasteiger partial charge in [0.15, 0.2) is 0 Å². The van der Waals surface area contributed by atoms with Gasteiger partial charge in [-0.15, -0.1) is 45.3 Å². The molecular weight excluding hydrogens is 881 g/mol.